The molecule has 1 atom stereocenters. The van der Waals surface area contributed by atoms with Crippen molar-refractivity contribution in [2.24, 2.45) is 0 Å². The smallest absolute Gasteiger partial charge is 0.262 e. The highest BCUT2D eigenvalue weighted by molar-refractivity contribution is 8.05. The van der Waals surface area contributed by atoms with Crippen LogP contribution in [0.4, 0.5) is 0 Å². The molecule has 1 saturated heterocycles. The maximum atomic E-state index is 11.8. The summed E-state index contributed by atoms with van der Waals surface area (Å²) in [6.45, 7) is 0. The number of carbonyl (C=O) groups is 1. The third kappa shape index (κ3) is 1.70. The number of amides is 1. The highest BCUT2D eigenvalue weighted by Crippen LogP contribution is 2.34. The van der Waals surface area contributed by atoms with Crippen LogP contribution in [0.1, 0.15) is 5.56 Å². The Balaban J connectivity index is 2.04. The number of nitrogens with one attached hydrogen (secondary N) is 1. The molecule has 0 radical (unpaired) electrons. The lowest BCUT2D eigenvalue weighted by Crippen LogP contribution is -2.27. The molecule has 3 rings (SSSR count). The minimum atomic E-state index is -0.799. The van der Waals surface area contributed by atoms with Gasteiger partial charge in [0.05, 0.1) is 4.91 Å². The number of thioether (sulfide) groups is 1. The Bertz CT molecular complexity index is 650. The van der Waals surface area contributed by atoms with E-state index in [-0.39, 0.29) is 5.91 Å². The molecule has 2 N–H and O–H groups in total. The van der Waals surface area contributed by atoms with Crippen molar-refractivity contribution in [3.8, 4) is 0 Å². The van der Waals surface area contributed by atoms with E-state index in [4.69, 9.17) is 0 Å². The van der Waals surface area contributed by atoms with E-state index in [1.165, 1.54) is 4.90 Å². The quantitative estimate of drug-likeness (QED) is 0.761. The molecule has 2 aromatic rings. The number of nitrogens with zero attached hydrogens (tertiary/aromatic N) is 2. The summed E-state index contributed by atoms with van der Waals surface area (Å²) in [5, 5.41) is 10.5. The lowest BCUT2D eigenvalue weighted by atomic mass is 10.2. The van der Waals surface area contributed by atoms with E-state index in [2.05, 4.69) is 9.97 Å². The zero-order valence-electron chi connectivity index (χ0n) is 9.62. The van der Waals surface area contributed by atoms with Gasteiger partial charge in [-0.1, -0.05) is 11.8 Å². The minimum Gasteiger partial charge on any atom is -0.364 e. The monoisotopic (exact) mass is 261 g/mol. The Morgan fingerprint density at radius 1 is 1.61 bits per heavy atom. The highest BCUT2D eigenvalue weighted by Gasteiger charge is 2.31. The van der Waals surface area contributed by atoms with Gasteiger partial charge < -0.3 is 15.0 Å². The number of aliphatic hydroxyl groups is 1. The molecular weight excluding hydrogens is 250 g/mol. The number of carbonyl (C=O) groups excluding carboxylic acids is 1. The molecule has 5 nitrogen and oxygen atoms in total. The van der Waals surface area contributed by atoms with Crippen LogP contribution in [0.2, 0.25) is 0 Å². The number of hydrogen-bond donors (Lipinski definition) is 2. The number of likely N-dealkylation sites (N-methyl/N-ethyl adjacent to an activating group) is 1. The molecule has 1 fully saturated rings. The summed E-state index contributed by atoms with van der Waals surface area (Å²) in [6.07, 6.45) is 5.30. The summed E-state index contributed by atoms with van der Waals surface area (Å²) in [5.74, 6) is -0.161. The zero-order chi connectivity index (χ0) is 12.7. The Morgan fingerprint density at radius 3 is 3.17 bits per heavy atom. The van der Waals surface area contributed by atoms with Crippen molar-refractivity contribution in [1.82, 2.24) is 14.9 Å². The van der Waals surface area contributed by atoms with Gasteiger partial charge in [-0.05, 0) is 18.2 Å². The Hall–Kier alpha value is -1.79. The van der Waals surface area contributed by atoms with Crippen molar-refractivity contribution in [2.45, 2.75) is 5.56 Å². The van der Waals surface area contributed by atoms with Crippen molar-refractivity contribution in [1.29, 1.82) is 0 Å². The normalized spacial score (nSPS) is 22.3. The van der Waals surface area contributed by atoms with Gasteiger partial charge >= 0.3 is 0 Å². The van der Waals surface area contributed by atoms with E-state index >= 15 is 0 Å². The Kier molecular flexibility index (Phi) is 2.61. The van der Waals surface area contributed by atoms with Crippen LogP contribution in [-0.2, 0) is 4.79 Å². The number of aromatic amines is 1. The van der Waals surface area contributed by atoms with Crippen LogP contribution in [0, 0.1) is 0 Å². The van der Waals surface area contributed by atoms with Crippen LogP contribution in [0.5, 0.6) is 0 Å². The molecule has 92 valence electrons. The van der Waals surface area contributed by atoms with Crippen LogP contribution in [0.15, 0.2) is 29.4 Å². The summed E-state index contributed by atoms with van der Waals surface area (Å²) in [5.41, 5.74) is 0.886. The fourth-order valence-corrected chi connectivity index (χ4v) is 2.77. The lowest BCUT2D eigenvalue weighted by Gasteiger charge is -2.10. The SMILES string of the molecule is CN1C(=O)/C(=C/c2c[nH]c3ncccc23)SC1O. The molecule has 18 heavy (non-hydrogen) atoms. The third-order valence-corrected chi connectivity index (χ3v) is 3.94. The van der Waals surface area contributed by atoms with Crippen LogP contribution in [-0.4, -0.2) is 38.5 Å². The first-order valence-corrected chi connectivity index (χ1v) is 6.30. The Morgan fingerprint density at radius 2 is 2.44 bits per heavy atom. The number of fused-ring (bicyclic) bond motifs is 1. The van der Waals surface area contributed by atoms with Gasteiger partial charge in [0.1, 0.15) is 5.65 Å². The fourth-order valence-electron chi connectivity index (χ4n) is 1.85. The van der Waals surface area contributed by atoms with Gasteiger partial charge in [0.2, 0.25) is 0 Å². The van der Waals surface area contributed by atoms with Crippen molar-refractivity contribution >= 4 is 34.8 Å². The molecular formula is C12H11N3O2S. The van der Waals surface area contributed by atoms with Crippen LogP contribution in [0.25, 0.3) is 17.1 Å². The second-order valence-corrected chi connectivity index (χ2v) is 5.11. The third-order valence-electron chi connectivity index (χ3n) is 2.86. The first-order chi connectivity index (χ1) is 8.66. The number of rotatable bonds is 1. The van der Waals surface area contributed by atoms with Crippen LogP contribution in [0.3, 0.4) is 0 Å². The first kappa shape index (κ1) is 11.3. The van der Waals surface area contributed by atoms with Crippen LogP contribution >= 0.6 is 11.8 Å². The number of aliphatic hydroxyl groups excluding tert-OH is 1. The maximum absolute atomic E-state index is 11.8. The van der Waals surface area contributed by atoms with E-state index < -0.39 is 5.56 Å². The van der Waals surface area contributed by atoms with Crippen LogP contribution < -0.4 is 0 Å². The molecule has 0 bridgehead atoms. The molecule has 1 aliphatic rings. The van der Waals surface area contributed by atoms with Gasteiger partial charge in [-0.3, -0.25) is 4.79 Å². The topological polar surface area (TPSA) is 69.2 Å². The molecule has 0 aromatic carbocycles. The summed E-state index contributed by atoms with van der Waals surface area (Å²) < 4.78 is 0. The van der Waals surface area contributed by atoms with Crippen molar-refractivity contribution < 1.29 is 9.90 Å². The maximum Gasteiger partial charge on any atom is 0.262 e. The predicted octanol–water partition coefficient (Wildman–Crippen LogP) is 1.38. The predicted molar refractivity (Wildman–Crippen MR) is 70.4 cm³/mol. The van der Waals surface area contributed by atoms with Gasteiger partial charge in [-0.2, -0.15) is 0 Å². The molecule has 1 unspecified atom stereocenters. The summed E-state index contributed by atoms with van der Waals surface area (Å²) >= 11 is 1.15. The number of pyridine rings is 1. The van der Waals surface area contributed by atoms with E-state index in [9.17, 15) is 9.90 Å². The molecule has 0 aliphatic carbocycles. The molecule has 1 amide bonds. The average molecular weight is 261 g/mol. The number of hydrogen-bond acceptors (Lipinski definition) is 4. The molecule has 0 spiro atoms. The van der Waals surface area contributed by atoms with E-state index in [1.807, 2.05) is 18.3 Å². The van der Waals surface area contributed by atoms with Gasteiger partial charge in [0.15, 0.2) is 5.56 Å². The van der Waals surface area contributed by atoms with Gasteiger partial charge in [0, 0.05) is 30.4 Å². The van der Waals surface area contributed by atoms with Gasteiger partial charge in [-0.15, -0.1) is 0 Å². The highest BCUT2D eigenvalue weighted by atomic mass is 32.2. The van der Waals surface area contributed by atoms with Gasteiger partial charge in [-0.25, -0.2) is 4.98 Å². The summed E-state index contributed by atoms with van der Waals surface area (Å²) in [6, 6.07) is 3.79. The fraction of sp³-hybridized carbons (Fsp3) is 0.167. The average Bonchev–Trinajstić information content (AvgIpc) is 2.89. The molecule has 2 aromatic heterocycles. The number of H-pyrrole nitrogens is 1. The second-order valence-electron chi connectivity index (χ2n) is 4.01. The number of aromatic nitrogens is 2. The van der Waals surface area contributed by atoms with E-state index in [0.29, 0.717) is 4.91 Å². The Labute approximate surface area is 108 Å². The molecule has 6 heteroatoms. The van der Waals surface area contributed by atoms with E-state index in [0.717, 1.165) is 28.4 Å². The molecule has 0 saturated carbocycles. The second kappa shape index (κ2) is 4.15. The standard InChI is InChI=1S/C12H11N3O2S/c1-15-11(16)9(18-12(15)17)5-7-6-14-10-8(7)3-2-4-13-10/h2-6,12,17H,1H3,(H,13,14)/b9-5-. The first-order valence-electron chi connectivity index (χ1n) is 5.42. The molecule has 1 aliphatic heterocycles. The van der Waals surface area contributed by atoms with E-state index in [1.54, 1.807) is 19.3 Å². The van der Waals surface area contributed by atoms with Gasteiger partial charge in [0.25, 0.3) is 5.91 Å². The van der Waals surface area contributed by atoms with Crippen molar-refractivity contribution in [2.75, 3.05) is 7.05 Å². The van der Waals surface area contributed by atoms with Crippen molar-refractivity contribution in [3.05, 3.63) is 35.0 Å². The minimum absolute atomic E-state index is 0.161. The largest absolute Gasteiger partial charge is 0.364 e. The summed E-state index contributed by atoms with van der Waals surface area (Å²) in [7, 11) is 1.58. The lowest BCUT2D eigenvalue weighted by molar-refractivity contribution is -0.128. The molecule has 3 heterocycles. The summed E-state index contributed by atoms with van der Waals surface area (Å²) in [4.78, 5) is 20.9. The van der Waals surface area contributed by atoms with Crippen molar-refractivity contribution in [3.63, 3.8) is 0 Å². The zero-order valence-corrected chi connectivity index (χ0v) is 10.4.